The molecule has 0 aliphatic heterocycles. The van der Waals surface area contributed by atoms with Gasteiger partial charge in [-0.1, -0.05) is 79.2 Å². The zero-order chi connectivity index (χ0) is 29.8. The minimum absolute atomic E-state index is 0.00313. The molecule has 0 heterocycles. The molecule has 4 fully saturated rings. The number of fused-ring (bicyclic) bond motifs is 5. The van der Waals surface area contributed by atoms with Crippen molar-refractivity contribution in [3.8, 4) is 6.07 Å². The highest BCUT2D eigenvalue weighted by Gasteiger charge is 2.69. The van der Waals surface area contributed by atoms with Crippen LogP contribution in [-0.4, -0.2) is 17.3 Å². The van der Waals surface area contributed by atoms with Crippen molar-refractivity contribution in [3.63, 3.8) is 0 Å². The molecule has 0 N–H and O–H groups in total. The van der Waals surface area contributed by atoms with E-state index in [9.17, 15) is 14.9 Å². The number of hydrogen-bond acceptors (Lipinski definition) is 4. The Kier molecular flexibility index (Phi) is 7.98. The van der Waals surface area contributed by atoms with Crippen LogP contribution in [0.25, 0.3) is 0 Å². The molecule has 0 saturated heterocycles. The number of carbonyl (C=O) groups is 2. The van der Waals surface area contributed by atoms with Crippen molar-refractivity contribution in [2.45, 2.75) is 111 Å². The summed E-state index contributed by atoms with van der Waals surface area (Å²) in [5, 5.41) is 9.97. The molecular weight excluding hydrogens is 522 g/mol. The second-order valence-corrected chi connectivity index (χ2v) is 17.1. The fourth-order valence-corrected chi connectivity index (χ4v) is 11.5. The Balaban J connectivity index is 1.53. The number of benzene rings is 1. The first kappa shape index (κ1) is 30.6. The highest BCUT2D eigenvalue weighted by Crippen LogP contribution is 2.74. The second-order valence-electron chi connectivity index (χ2n) is 16.0. The Bertz CT molecular complexity index is 1260. The molecule has 0 amide bonds. The molecule has 4 heteroatoms. The van der Waals surface area contributed by atoms with Gasteiger partial charge >= 0.3 is 0 Å². The van der Waals surface area contributed by atoms with Crippen LogP contribution in [0.5, 0.6) is 0 Å². The fraction of sp³-hybridized carbons (Fsp3) is 0.703. The zero-order valence-electron chi connectivity index (χ0n) is 26.5. The molecule has 4 saturated carbocycles. The SMILES string of the molecule is CC(C)C(=O)C(C#N)=CC1(C)CCCC2(C)C1CC(=O)C1C3CC(C)(C)CCC3(CSc3ccccc3)CCC12C. The van der Waals surface area contributed by atoms with E-state index in [1.807, 2.05) is 31.7 Å². The molecule has 1 aromatic rings. The Morgan fingerprint density at radius 3 is 2.34 bits per heavy atom. The average molecular weight is 574 g/mol. The van der Waals surface area contributed by atoms with Crippen LogP contribution in [0.1, 0.15) is 106 Å². The first-order valence-corrected chi connectivity index (χ1v) is 17.1. The summed E-state index contributed by atoms with van der Waals surface area (Å²) < 4.78 is 0. The van der Waals surface area contributed by atoms with E-state index in [-0.39, 0.29) is 50.6 Å². The summed E-state index contributed by atoms with van der Waals surface area (Å²) in [6, 6.07) is 13.0. The zero-order valence-corrected chi connectivity index (χ0v) is 27.3. The third-order valence-corrected chi connectivity index (χ3v) is 14.1. The van der Waals surface area contributed by atoms with Crippen LogP contribution in [-0.2, 0) is 9.59 Å². The second kappa shape index (κ2) is 10.7. The third kappa shape index (κ3) is 5.07. The summed E-state index contributed by atoms with van der Waals surface area (Å²) in [7, 11) is 0. The molecule has 5 rings (SSSR count). The van der Waals surface area contributed by atoms with E-state index in [2.05, 4.69) is 71.0 Å². The van der Waals surface area contributed by atoms with Crippen LogP contribution >= 0.6 is 11.8 Å². The number of nitriles is 1. The summed E-state index contributed by atoms with van der Waals surface area (Å²) in [5.74, 6) is 1.94. The van der Waals surface area contributed by atoms with Crippen LogP contribution < -0.4 is 0 Å². The smallest absolute Gasteiger partial charge is 0.175 e. The summed E-state index contributed by atoms with van der Waals surface area (Å²) >= 11 is 2.00. The van der Waals surface area contributed by atoms with Crippen LogP contribution in [0.2, 0.25) is 0 Å². The van der Waals surface area contributed by atoms with Gasteiger partial charge in [-0.25, -0.2) is 0 Å². The number of hydrogen-bond donors (Lipinski definition) is 0. The van der Waals surface area contributed by atoms with Crippen molar-refractivity contribution in [1.29, 1.82) is 5.26 Å². The van der Waals surface area contributed by atoms with Gasteiger partial charge < -0.3 is 0 Å². The Labute approximate surface area is 253 Å². The molecule has 0 radical (unpaired) electrons. The fourth-order valence-electron chi connectivity index (χ4n) is 10.1. The van der Waals surface area contributed by atoms with Crippen molar-refractivity contribution < 1.29 is 9.59 Å². The Morgan fingerprint density at radius 2 is 1.68 bits per heavy atom. The number of rotatable bonds is 6. The van der Waals surface area contributed by atoms with Gasteiger partial charge in [0.05, 0.1) is 5.57 Å². The maximum absolute atomic E-state index is 14.6. The van der Waals surface area contributed by atoms with Gasteiger partial charge in [0.25, 0.3) is 0 Å². The van der Waals surface area contributed by atoms with E-state index in [1.165, 1.54) is 24.2 Å². The molecule has 0 spiro atoms. The maximum atomic E-state index is 14.6. The normalized spacial score (nSPS) is 40.2. The average Bonchev–Trinajstić information content (AvgIpc) is 2.92. The number of Topliss-reactive ketones (excluding diaryl/α,β-unsaturated/α-hetero) is 2. The quantitative estimate of drug-likeness (QED) is 0.193. The van der Waals surface area contributed by atoms with Crippen molar-refractivity contribution in [2.24, 2.45) is 50.7 Å². The maximum Gasteiger partial charge on any atom is 0.175 e. The van der Waals surface area contributed by atoms with E-state index < -0.39 is 0 Å². The molecule has 1 aromatic carbocycles. The van der Waals surface area contributed by atoms with Crippen molar-refractivity contribution in [1.82, 2.24) is 0 Å². The third-order valence-electron chi connectivity index (χ3n) is 12.8. The lowest BCUT2D eigenvalue weighted by Gasteiger charge is -2.70. The molecule has 41 heavy (non-hydrogen) atoms. The monoisotopic (exact) mass is 573 g/mol. The molecule has 4 aliphatic carbocycles. The molecule has 4 aliphatic rings. The topological polar surface area (TPSA) is 57.9 Å². The van der Waals surface area contributed by atoms with Gasteiger partial charge in [0, 0.05) is 28.9 Å². The first-order chi connectivity index (χ1) is 19.2. The molecule has 7 atom stereocenters. The van der Waals surface area contributed by atoms with Gasteiger partial charge in [-0.15, -0.1) is 11.8 Å². The first-order valence-electron chi connectivity index (χ1n) is 16.1. The van der Waals surface area contributed by atoms with Crippen LogP contribution in [0.4, 0.5) is 0 Å². The number of nitrogens with zero attached hydrogens (tertiary/aromatic N) is 1. The van der Waals surface area contributed by atoms with Crippen molar-refractivity contribution >= 4 is 23.3 Å². The molecule has 3 nitrogen and oxygen atoms in total. The van der Waals surface area contributed by atoms with Crippen molar-refractivity contribution in [3.05, 3.63) is 42.0 Å². The number of carbonyl (C=O) groups excluding carboxylic acids is 2. The van der Waals surface area contributed by atoms with Crippen molar-refractivity contribution in [2.75, 3.05) is 5.75 Å². The standard InChI is InChI=1S/C37H51NO2S/c1-25(2)32(40)26(23-38)21-34(5)14-11-15-35(6)30(34)20-29(39)31-28-22-33(3,4)16-18-37(28,19-17-36(31,35)7)24-41-27-12-9-8-10-13-27/h8-10,12-13,21,25,28,30-31H,11,14-20,22,24H2,1-7H3. The number of allylic oxidation sites excluding steroid dienone is 2. The predicted octanol–water partition coefficient (Wildman–Crippen LogP) is 9.47. The van der Waals surface area contributed by atoms with Crippen LogP contribution in [0.15, 0.2) is 46.9 Å². The summed E-state index contributed by atoms with van der Waals surface area (Å²) in [5.41, 5.74) is 0.350. The van der Waals surface area contributed by atoms with Gasteiger partial charge in [-0.3, -0.25) is 9.59 Å². The minimum Gasteiger partial charge on any atom is -0.299 e. The number of thioether (sulfide) groups is 1. The molecular formula is C37H51NO2S. The predicted molar refractivity (Wildman–Crippen MR) is 168 cm³/mol. The highest BCUT2D eigenvalue weighted by atomic mass is 32.2. The van der Waals surface area contributed by atoms with Gasteiger partial charge in [0.15, 0.2) is 5.78 Å². The summed E-state index contributed by atoms with van der Waals surface area (Å²) in [6.45, 7) is 15.8. The lowest BCUT2D eigenvalue weighted by Crippen LogP contribution is -2.66. The van der Waals surface area contributed by atoms with Gasteiger partial charge in [-0.2, -0.15) is 5.26 Å². The Hall–Kier alpha value is -1.86. The van der Waals surface area contributed by atoms with E-state index in [0.717, 1.165) is 37.9 Å². The molecule has 0 aromatic heterocycles. The molecule has 222 valence electrons. The molecule has 0 bridgehead atoms. The van der Waals surface area contributed by atoms with E-state index in [4.69, 9.17) is 0 Å². The van der Waals surface area contributed by atoms with Gasteiger partial charge in [0.2, 0.25) is 0 Å². The summed E-state index contributed by atoms with van der Waals surface area (Å²) in [6.07, 6.45) is 11.6. The molecule has 7 unspecified atom stereocenters. The van der Waals surface area contributed by atoms with E-state index in [1.54, 1.807) is 0 Å². The lowest BCUT2D eigenvalue weighted by molar-refractivity contribution is -0.206. The Morgan fingerprint density at radius 1 is 1.00 bits per heavy atom. The highest BCUT2D eigenvalue weighted by molar-refractivity contribution is 7.99. The van der Waals surface area contributed by atoms with Gasteiger partial charge in [0.1, 0.15) is 11.9 Å². The number of ketones is 2. The van der Waals surface area contributed by atoms with Gasteiger partial charge in [-0.05, 0) is 96.0 Å². The largest absolute Gasteiger partial charge is 0.299 e. The van der Waals surface area contributed by atoms with Crippen LogP contribution in [0.3, 0.4) is 0 Å². The lowest BCUT2D eigenvalue weighted by atomic mass is 9.34. The minimum atomic E-state index is -0.324. The van der Waals surface area contributed by atoms with E-state index in [0.29, 0.717) is 23.7 Å². The summed E-state index contributed by atoms with van der Waals surface area (Å²) in [4.78, 5) is 28.9. The van der Waals surface area contributed by atoms with E-state index >= 15 is 0 Å². The van der Waals surface area contributed by atoms with Crippen LogP contribution in [0, 0.1) is 62.1 Å².